The van der Waals surface area contributed by atoms with Gasteiger partial charge in [-0.05, 0) is 43.9 Å². The van der Waals surface area contributed by atoms with Gasteiger partial charge in [0.25, 0.3) is 5.56 Å². The number of nitrogens with one attached hydrogen (secondary N) is 1. The van der Waals surface area contributed by atoms with Crippen LogP contribution >= 0.6 is 0 Å². The number of pyridine rings is 1. The van der Waals surface area contributed by atoms with Crippen LogP contribution in [0.3, 0.4) is 0 Å². The Labute approximate surface area is 146 Å². The molecule has 134 valence electrons. The second kappa shape index (κ2) is 7.59. The molecule has 6 nitrogen and oxygen atoms in total. The molecule has 0 aliphatic rings. The Hall–Kier alpha value is -2.50. The highest BCUT2D eigenvalue weighted by molar-refractivity contribution is 6.07. The van der Waals surface area contributed by atoms with Crippen LogP contribution < -0.4 is 11.2 Å². The van der Waals surface area contributed by atoms with Gasteiger partial charge in [-0.2, -0.15) is 0 Å². The lowest BCUT2D eigenvalue weighted by Crippen LogP contribution is -2.38. The van der Waals surface area contributed by atoms with E-state index in [2.05, 4.69) is 9.97 Å². The Morgan fingerprint density at radius 3 is 2.48 bits per heavy atom. The second-order valence-corrected chi connectivity index (χ2v) is 6.68. The molecule has 1 N–H and O–H groups in total. The van der Waals surface area contributed by atoms with Crippen molar-refractivity contribution in [2.45, 2.75) is 59.9 Å². The molecule has 0 atom stereocenters. The third kappa shape index (κ3) is 3.95. The Kier molecular flexibility index (Phi) is 5.72. The number of aromatic amines is 1. The molecule has 2 aromatic heterocycles. The maximum Gasteiger partial charge on any atom is 0.328 e. The predicted molar refractivity (Wildman–Crippen MR) is 97.5 cm³/mol. The van der Waals surface area contributed by atoms with Crippen molar-refractivity contribution in [2.24, 2.45) is 0 Å². The summed E-state index contributed by atoms with van der Waals surface area (Å²) in [5.41, 5.74) is 1.35. The Bertz CT molecular complexity index is 887. The monoisotopic (exact) mass is 343 g/mol. The van der Waals surface area contributed by atoms with Crippen LogP contribution in [0.5, 0.6) is 0 Å². The van der Waals surface area contributed by atoms with Crippen molar-refractivity contribution in [1.82, 2.24) is 14.5 Å². The van der Waals surface area contributed by atoms with E-state index < -0.39 is 11.2 Å². The second-order valence-electron chi connectivity index (χ2n) is 6.68. The van der Waals surface area contributed by atoms with E-state index in [1.165, 1.54) is 4.57 Å². The number of carbonyl (C=O) groups excluding carboxylic acids is 1. The molecular weight excluding hydrogens is 318 g/mol. The third-order valence-electron chi connectivity index (χ3n) is 4.09. The maximum absolute atomic E-state index is 13.2. The van der Waals surface area contributed by atoms with E-state index in [0.29, 0.717) is 12.1 Å². The fourth-order valence-electron chi connectivity index (χ4n) is 2.98. The largest absolute Gasteiger partial charge is 0.328 e. The first kappa shape index (κ1) is 18.8. The molecule has 6 heteroatoms. The Morgan fingerprint density at radius 2 is 1.92 bits per heavy atom. The average molecular weight is 343 g/mol. The summed E-state index contributed by atoms with van der Waals surface area (Å²) < 4.78 is 1.39. The highest BCUT2D eigenvalue weighted by Gasteiger charge is 2.25. The number of hydrogen-bond acceptors (Lipinski definition) is 4. The smallest absolute Gasteiger partial charge is 0.290 e. The number of nitrogens with zero attached hydrogens (tertiary/aromatic N) is 2. The van der Waals surface area contributed by atoms with Gasteiger partial charge in [-0.3, -0.25) is 19.1 Å². The minimum atomic E-state index is -0.546. The zero-order valence-electron chi connectivity index (χ0n) is 15.5. The summed E-state index contributed by atoms with van der Waals surface area (Å²) in [6.45, 7) is 9.77. The van der Waals surface area contributed by atoms with Crippen molar-refractivity contribution >= 4 is 5.78 Å². The predicted octanol–water partition coefficient (Wildman–Crippen LogP) is 2.70. The summed E-state index contributed by atoms with van der Waals surface area (Å²) >= 11 is 0. The number of aromatic nitrogens is 3. The fraction of sp³-hybridized carbons (Fsp3) is 0.474. The van der Waals surface area contributed by atoms with Gasteiger partial charge in [0.2, 0.25) is 5.78 Å². The van der Waals surface area contributed by atoms with Gasteiger partial charge in [-0.15, -0.1) is 0 Å². The molecule has 0 aliphatic carbocycles. The summed E-state index contributed by atoms with van der Waals surface area (Å²) in [4.78, 5) is 44.6. The van der Waals surface area contributed by atoms with E-state index in [9.17, 15) is 14.4 Å². The van der Waals surface area contributed by atoms with Crippen LogP contribution in [0.1, 0.15) is 72.5 Å². The molecule has 2 rings (SSSR count). The lowest BCUT2D eigenvalue weighted by Gasteiger charge is -2.17. The van der Waals surface area contributed by atoms with Crippen LogP contribution in [0, 0.1) is 13.8 Å². The molecular formula is C19H25N3O3. The number of hydrogen-bond donors (Lipinski definition) is 1. The normalized spacial score (nSPS) is 11.1. The van der Waals surface area contributed by atoms with Crippen LogP contribution in [0.15, 0.2) is 21.7 Å². The molecule has 0 fully saturated rings. The van der Waals surface area contributed by atoms with Crippen LogP contribution in [0.2, 0.25) is 0 Å². The molecule has 0 saturated carbocycles. The first-order chi connectivity index (χ1) is 11.8. The zero-order valence-corrected chi connectivity index (χ0v) is 15.5. The van der Waals surface area contributed by atoms with Gasteiger partial charge in [0.1, 0.15) is 11.4 Å². The number of H-pyrrole nitrogens is 1. The van der Waals surface area contributed by atoms with E-state index in [-0.39, 0.29) is 23.1 Å². The standard InChI is InChI=1S/C19H25N3O3/c1-6-7-8-22-16(15(11(2)3)18(24)21-19(22)25)17(23)14-10-12(4)9-13(5)20-14/h9-11H,6-8H2,1-5H3,(H,21,24,25). The molecule has 0 saturated heterocycles. The van der Waals surface area contributed by atoms with Gasteiger partial charge in [-0.25, -0.2) is 9.78 Å². The van der Waals surface area contributed by atoms with Crippen molar-refractivity contribution < 1.29 is 4.79 Å². The SMILES string of the molecule is CCCCn1c(C(=O)c2cc(C)cc(C)n2)c(C(C)C)c(=O)[nH]c1=O. The molecule has 0 aliphatic heterocycles. The first-order valence-electron chi connectivity index (χ1n) is 8.63. The fourth-order valence-corrected chi connectivity index (χ4v) is 2.98. The molecule has 0 unspecified atom stereocenters. The van der Waals surface area contributed by atoms with Crippen molar-refractivity contribution in [2.75, 3.05) is 0 Å². The summed E-state index contributed by atoms with van der Waals surface area (Å²) in [5, 5.41) is 0. The highest BCUT2D eigenvalue weighted by Crippen LogP contribution is 2.18. The van der Waals surface area contributed by atoms with Crippen molar-refractivity contribution in [3.63, 3.8) is 0 Å². The van der Waals surface area contributed by atoms with Crippen molar-refractivity contribution in [3.05, 3.63) is 61.2 Å². The number of unbranched alkanes of at least 4 members (excludes halogenated alkanes) is 1. The molecule has 0 amide bonds. The Balaban J connectivity index is 2.77. The van der Waals surface area contributed by atoms with E-state index in [0.717, 1.165) is 24.1 Å². The summed E-state index contributed by atoms with van der Waals surface area (Å²) in [6, 6.07) is 3.57. The van der Waals surface area contributed by atoms with Crippen LogP contribution in [0.25, 0.3) is 0 Å². The van der Waals surface area contributed by atoms with Gasteiger partial charge in [0.15, 0.2) is 0 Å². The van der Waals surface area contributed by atoms with Crippen molar-refractivity contribution in [3.8, 4) is 0 Å². The van der Waals surface area contributed by atoms with E-state index >= 15 is 0 Å². The van der Waals surface area contributed by atoms with Crippen LogP contribution in [-0.2, 0) is 6.54 Å². The molecule has 2 heterocycles. The van der Waals surface area contributed by atoms with E-state index in [1.54, 1.807) is 6.07 Å². The first-order valence-corrected chi connectivity index (χ1v) is 8.63. The highest BCUT2D eigenvalue weighted by atomic mass is 16.2. The van der Waals surface area contributed by atoms with Gasteiger partial charge >= 0.3 is 5.69 Å². The molecule has 0 spiro atoms. The van der Waals surface area contributed by atoms with Crippen LogP contribution in [0.4, 0.5) is 0 Å². The quantitative estimate of drug-likeness (QED) is 0.817. The van der Waals surface area contributed by atoms with E-state index in [1.807, 2.05) is 40.7 Å². The third-order valence-corrected chi connectivity index (χ3v) is 4.09. The molecule has 0 bridgehead atoms. The molecule has 2 aromatic rings. The topological polar surface area (TPSA) is 84.8 Å². The maximum atomic E-state index is 13.2. The summed E-state index contributed by atoms with van der Waals surface area (Å²) in [7, 11) is 0. The zero-order chi connectivity index (χ0) is 18.7. The Morgan fingerprint density at radius 1 is 1.24 bits per heavy atom. The van der Waals surface area contributed by atoms with Gasteiger partial charge in [0.05, 0.1) is 0 Å². The summed E-state index contributed by atoms with van der Waals surface area (Å²) in [5.74, 6) is -0.572. The van der Waals surface area contributed by atoms with E-state index in [4.69, 9.17) is 0 Å². The lowest BCUT2D eigenvalue weighted by molar-refractivity contribution is 0.102. The number of ketones is 1. The summed E-state index contributed by atoms with van der Waals surface area (Å²) in [6.07, 6.45) is 1.61. The van der Waals surface area contributed by atoms with Gasteiger partial charge < -0.3 is 0 Å². The number of rotatable bonds is 6. The molecule has 0 aromatic carbocycles. The van der Waals surface area contributed by atoms with Crippen molar-refractivity contribution in [1.29, 1.82) is 0 Å². The lowest BCUT2D eigenvalue weighted by atomic mass is 9.98. The minimum Gasteiger partial charge on any atom is -0.290 e. The molecule has 25 heavy (non-hydrogen) atoms. The van der Waals surface area contributed by atoms with Gasteiger partial charge in [-0.1, -0.05) is 27.2 Å². The number of carbonyl (C=O) groups is 1. The average Bonchev–Trinajstić information content (AvgIpc) is 2.51. The van der Waals surface area contributed by atoms with Crippen LogP contribution in [-0.4, -0.2) is 20.3 Å². The molecule has 0 radical (unpaired) electrons. The van der Waals surface area contributed by atoms with Gasteiger partial charge in [0, 0.05) is 17.8 Å². The number of aryl methyl sites for hydroxylation is 2. The minimum absolute atomic E-state index is 0.162.